The Morgan fingerprint density at radius 1 is 0.533 bits per heavy atom. The van der Waals surface area contributed by atoms with Crippen LogP contribution in [-0.2, 0) is 13.6 Å². The van der Waals surface area contributed by atoms with Crippen molar-refractivity contribution in [3.8, 4) is 0 Å². The molecule has 30 heavy (non-hydrogen) atoms. The van der Waals surface area contributed by atoms with E-state index in [2.05, 4.69) is 13.8 Å². The summed E-state index contributed by atoms with van der Waals surface area (Å²) in [4.78, 5) is 9.71. The van der Waals surface area contributed by atoms with Crippen molar-refractivity contribution in [3.05, 3.63) is 0 Å². The second kappa shape index (κ2) is 26.4. The third kappa shape index (κ3) is 27.1. The predicted molar refractivity (Wildman–Crippen MR) is 127 cm³/mol. The average molecular weight is 459 g/mol. The molecule has 178 valence electrons. The van der Waals surface area contributed by atoms with Gasteiger partial charge in [0.05, 0.1) is 13.2 Å². The summed E-state index contributed by atoms with van der Waals surface area (Å²) in [5.41, 5.74) is 0. The molecule has 0 saturated carbocycles. The maximum Gasteiger partial charge on any atom is 1.00 e. The molecule has 0 aliphatic heterocycles. The minimum Gasteiger partial charge on any atom is -1.00 e. The SMILES string of the molecule is CCCCCCCCCCCCOP(=O)(O)OCCCCCCCCCCCC.[H-].[Na+]. The van der Waals surface area contributed by atoms with Crippen LogP contribution in [0.1, 0.15) is 144 Å². The molecule has 0 heterocycles. The largest absolute Gasteiger partial charge is 1.00 e. The van der Waals surface area contributed by atoms with E-state index in [4.69, 9.17) is 9.05 Å². The Morgan fingerprint density at radius 2 is 0.767 bits per heavy atom. The number of unbranched alkanes of at least 4 members (excludes halogenated alkanes) is 18. The van der Waals surface area contributed by atoms with Crippen molar-refractivity contribution in [2.24, 2.45) is 0 Å². The van der Waals surface area contributed by atoms with Crippen molar-refractivity contribution in [1.29, 1.82) is 0 Å². The van der Waals surface area contributed by atoms with Gasteiger partial charge in [-0.1, -0.05) is 129 Å². The third-order valence-corrected chi connectivity index (χ3v) is 6.52. The fourth-order valence-corrected chi connectivity index (χ4v) is 4.37. The summed E-state index contributed by atoms with van der Waals surface area (Å²) in [5, 5.41) is 0. The van der Waals surface area contributed by atoms with E-state index in [-0.39, 0.29) is 31.0 Å². The van der Waals surface area contributed by atoms with Crippen LogP contribution in [0.5, 0.6) is 0 Å². The Labute approximate surface area is 212 Å². The molecule has 0 aromatic rings. The van der Waals surface area contributed by atoms with E-state index in [9.17, 15) is 9.46 Å². The number of hydrogen-bond acceptors (Lipinski definition) is 3. The summed E-state index contributed by atoms with van der Waals surface area (Å²) in [5.74, 6) is 0. The van der Waals surface area contributed by atoms with Crippen LogP contribution in [0.25, 0.3) is 0 Å². The van der Waals surface area contributed by atoms with E-state index in [0.29, 0.717) is 13.2 Å². The molecule has 0 saturated heterocycles. The Kier molecular flexibility index (Phi) is 29.2. The van der Waals surface area contributed by atoms with Gasteiger partial charge < -0.3 is 6.32 Å². The van der Waals surface area contributed by atoms with Crippen LogP contribution in [0.3, 0.4) is 0 Å². The van der Waals surface area contributed by atoms with Gasteiger partial charge in [-0.3, -0.25) is 9.05 Å². The first kappa shape index (κ1) is 33.3. The maximum absolute atomic E-state index is 11.8. The van der Waals surface area contributed by atoms with Gasteiger partial charge in [0.1, 0.15) is 0 Å². The van der Waals surface area contributed by atoms with Crippen molar-refractivity contribution in [1.82, 2.24) is 0 Å². The third-order valence-electron chi connectivity index (χ3n) is 5.50. The van der Waals surface area contributed by atoms with Crippen LogP contribution in [0.2, 0.25) is 0 Å². The summed E-state index contributed by atoms with van der Waals surface area (Å²) >= 11 is 0. The molecule has 0 aliphatic rings. The van der Waals surface area contributed by atoms with Crippen molar-refractivity contribution < 1.29 is 49.5 Å². The normalized spacial score (nSPS) is 11.6. The number of hydrogen-bond donors (Lipinski definition) is 1. The van der Waals surface area contributed by atoms with Gasteiger partial charge in [-0.15, -0.1) is 0 Å². The number of rotatable bonds is 24. The smallest absolute Gasteiger partial charge is 1.00 e. The molecule has 0 fully saturated rings. The zero-order valence-corrected chi connectivity index (χ0v) is 23.6. The molecule has 0 atom stereocenters. The minimum absolute atomic E-state index is 0. The molecule has 0 unspecified atom stereocenters. The summed E-state index contributed by atoms with van der Waals surface area (Å²) < 4.78 is 22.0. The minimum atomic E-state index is -3.85. The first-order chi connectivity index (χ1) is 14.1. The monoisotopic (exact) mass is 458 g/mol. The van der Waals surface area contributed by atoms with E-state index in [0.717, 1.165) is 25.7 Å². The van der Waals surface area contributed by atoms with Gasteiger partial charge in [0.15, 0.2) is 0 Å². The van der Waals surface area contributed by atoms with E-state index >= 15 is 0 Å². The van der Waals surface area contributed by atoms with Crippen molar-refractivity contribution in [2.75, 3.05) is 13.2 Å². The fraction of sp³-hybridized carbons (Fsp3) is 1.00. The summed E-state index contributed by atoms with van der Waals surface area (Å²) in [6, 6.07) is 0. The van der Waals surface area contributed by atoms with E-state index in [1.807, 2.05) is 0 Å². The number of phosphoric ester groups is 1. The Balaban J connectivity index is -0.00000392. The van der Waals surface area contributed by atoms with Crippen LogP contribution in [-0.4, -0.2) is 18.1 Å². The molecule has 0 aromatic heterocycles. The predicted octanol–water partition coefficient (Wildman–Crippen LogP) is 6.08. The van der Waals surface area contributed by atoms with Gasteiger partial charge in [-0.2, -0.15) is 0 Å². The summed E-state index contributed by atoms with van der Waals surface area (Å²) in [6.45, 7) is 5.14. The second-order valence-corrected chi connectivity index (χ2v) is 9.95. The van der Waals surface area contributed by atoms with Gasteiger partial charge in [0.2, 0.25) is 0 Å². The van der Waals surface area contributed by atoms with Crippen LogP contribution in [0.4, 0.5) is 0 Å². The second-order valence-electron chi connectivity index (χ2n) is 8.50. The molecule has 0 aromatic carbocycles. The van der Waals surface area contributed by atoms with Crippen LogP contribution >= 0.6 is 7.82 Å². The van der Waals surface area contributed by atoms with Gasteiger partial charge in [0.25, 0.3) is 0 Å². The Bertz CT molecular complexity index is 345. The topological polar surface area (TPSA) is 55.8 Å². The van der Waals surface area contributed by atoms with Gasteiger partial charge in [-0.05, 0) is 12.8 Å². The zero-order valence-electron chi connectivity index (χ0n) is 21.7. The molecule has 0 aliphatic carbocycles. The molecule has 0 amide bonds. The Morgan fingerprint density at radius 3 is 1.03 bits per heavy atom. The Hall–Kier alpha value is 1.11. The van der Waals surface area contributed by atoms with Crippen LogP contribution in [0.15, 0.2) is 0 Å². The first-order valence-electron chi connectivity index (χ1n) is 12.7. The van der Waals surface area contributed by atoms with E-state index < -0.39 is 7.82 Å². The summed E-state index contributed by atoms with van der Waals surface area (Å²) in [7, 11) is -3.85. The molecular formula is C24H52NaO4P. The fourth-order valence-electron chi connectivity index (χ4n) is 3.58. The quantitative estimate of drug-likeness (QED) is 0.108. The molecule has 0 rings (SSSR count). The molecule has 0 radical (unpaired) electrons. The zero-order chi connectivity index (χ0) is 21.5. The molecule has 0 bridgehead atoms. The standard InChI is InChI=1S/C24H51O4P.Na.H/c1-3-5-7-9-11-13-15-17-19-21-23-27-29(25,26)28-24-22-20-18-16-14-12-10-8-6-4-2;;/h3-24H2,1-2H3,(H,25,26);;/q;+1;-1. The van der Waals surface area contributed by atoms with E-state index in [1.54, 1.807) is 0 Å². The first-order valence-corrected chi connectivity index (χ1v) is 14.2. The molecule has 0 spiro atoms. The van der Waals surface area contributed by atoms with E-state index in [1.165, 1.54) is 103 Å². The van der Waals surface area contributed by atoms with Gasteiger partial charge >= 0.3 is 37.4 Å². The van der Waals surface area contributed by atoms with Gasteiger partial charge in [-0.25, -0.2) is 4.57 Å². The van der Waals surface area contributed by atoms with Crippen molar-refractivity contribution in [2.45, 2.75) is 142 Å². The molecule has 4 nitrogen and oxygen atoms in total. The van der Waals surface area contributed by atoms with Crippen LogP contribution < -0.4 is 29.6 Å². The molecular weight excluding hydrogens is 406 g/mol. The number of phosphoric acid groups is 1. The average Bonchev–Trinajstić information content (AvgIpc) is 2.70. The van der Waals surface area contributed by atoms with Crippen molar-refractivity contribution >= 4 is 7.82 Å². The maximum atomic E-state index is 11.8. The van der Waals surface area contributed by atoms with Gasteiger partial charge in [0, 0.05) is 0 Å². The van der Waals surface area contributed by atoms with Crippen LogP contribution in [0, 0.1) is 0 Å². The molecule has 1 N–H and O–H groups in total. The summed E-state index contributed by atoms with van der Waals surface area (Å²) in [6.07, 6.45) is 24.8. The molecule has 6 heteroatoms. The van der Waals surface area contributed by atoms with Crippen molar-refractivity contribution in [3.63, 3.8) is 0 Å².